The van der Waals surface area contributed by atoms with Gasteiger partial charge in [-0.3, -0.25) is 0 Å². The fraction of sp³-hybridized carbons (Fsp3) is 1.00. The zero-order valence-corrected chi connectivity index (χ0v) is 12.8. The molecule has 1 N–H and O–H groups in total. The second-order valence-electron chi connectivity index (χ2n) is 5.88. The van der Waals surface area contributed by atoms with Gasteiger partial charge in [0, 0.05) is 13.0 Å². The number of quaternary nitrogens is 1. The minimum Gasteiger partial charge on any atom is -0.633 e. The molecule has 0 heterocycles. The van der Waals surface area contributed by atoms with Crippen molar-refractivity contribution >= 4 is 0 Å². The first-order valence-corrected chi connectivity index (χ1v) is 7.81. The highest BCUT2D eigenvalue weighted by Gasteiger charge is 1.99. The van der Waals surface area contributed by atoms with Crippen LogP contribution < -0.4 is 5.32 Å². The van der Waals surface area contributed by atoms with E-state index in [0.717, 1.165) is 19.5 Å². The molecule has 18 heavy (non-hydrogen) atoms. The molecule has 0 unspecified atom stereocenters. The fourth-order valence-electron chi connectivity index (χ4n) is 2.09. The van der Waals surface area contributed by atoms with Crippen LogP contribution in [0.4, 0.5) is 0 Å². The minimum absolute atomic E-state index is 0.167. The highest BCUT2D eigenvalue weighted by atomic mass is 16.5. The summed E-state index contributed by atoms with van der Waals surface area (Å²) in [6.07, 6.45) is 12.0. The van der Waals surface area contributed by atoms with Crippen molar-refractivity contribution < 1.29 is 4.65 Å². The van der Waals surface area contributed by atoms with E-state index in [4.69, 9.17) is 0 Å². The van der Waals surface area contributed by atoms with E-state index in [1.165, 1.54) is 51.4 Å². The molecular formula is C15H34N2O. The molecule has 0 atom stereocenters. The molecule has 0 fully saturated rings. The first kappa shape index (κ1) is 17.9. The Bertz CT molecular complexity index is 166. The van der Waals surface area contributed by atoms with Gasteiger partial charge in [0.2, 0.25) is 0 Å². The number of hydrogen-bond donors (Lipinski definition) is 1. The van der Waals surface area contributed by atoms with E-state index >= 15 is 0 Å². The van der Waals surface area contributed by atoms with E-state index in [1.807, 2.05) is 0 Å². The SMILES string of the molecule is CCCCCCCCCCNCCC[N+](C)(C)[O-]. The van der Waals surface area contributed by atoms with Crippen molar-refractivity contribution in [3.8, 4) is 0 Å². The summed E-state index contributed by atoms with van der Waals surface area (Å²) in [7, 11) is 3.41. The Morgan fingerprint density at radius 3 is 1.83 bits per heavy atom. The van der Waals surface area contributed by atoms with Gasteiger partial charge in [0.1, 0.15) is 0 Å². The summed E-state index contributed by atoms with van der Waals surface area (Å²) in [4.78, 5) is 0. The molecule has 0 bridgehead atoms. The highest BCUT2D eigenvalue weighted by Crippen LogP contribution is 2.07. The maximum atomic E-state index is 11.3. The first-order valence-electron chi connectivity index (χ1n) is 7.81. The number of rotatable bonds is 13. The quantitative estimate of drug-likeness (QED) is 0.311. The van der Waals surface area contributed by atoms with Crippen LogP contribution in [0.3, 0.4) is 0 Å². The molecule has 0 aromatic rings. The molecular weight excluding hydrogens is 224 g/mol. The normalized spacial score (nSPS) is 12.0. The Morgan fingerprint density at radius 1 is 0.778 bits per heavy atom. The molecule has 3 nitrogen and oxygen atoms in total. The smallest absolute Gasteiger partial charge is 0.0792 e. The number of nitrogens with zero attached hydrogens (tertiary/aromatic N) is 1. The van der Waals surface area contributed by atoms with Gasteiger partial charge < -0.3 is 15.2 Å². The summed E-state index contributed by atoms with van der Waals surface area (Å²) in [6.45, 7) is 5.07. The average Bonchev–Trinajstić information content (AvgIpc) is 2.29. The Balaban J connectivity index is 2.99. The third-order valence-corrected chi connectivity index (χ3v) is 3.26. The fourth-order valence-corrected chi connectivity index (χ4v) is 2.09. The predicted octanol–water partition coefficient (Wildman–Crippen LogP) is 3.68. The van der Waals surface area contributed by atoms with Crippen LogP contribution in [0, 0.1) is 5.21 Å². The predicted molar refractivity (Wildman–Crippen MR) is 80.4 cm³/mol. The summed E-state index contributed by atoms with van der Waals surface area (Å²) in [5, 5.41) is 14.7. The van der Waals surface area contributed by atoms with E-state index in [0.29, 0.717) is 6.54 Å². The van der Waals surface area contributed by atoms with Crippen LogP contribution >= 0.6 is 0 Å². The molecule has 0 aliphatic rings. The minimum atomic E-state index is -0.167. The van der Waals surface area contributed by atoms with Gasteiger partial charge in [0.25, 0.3) is 0 Å². The molecule has 0 amide bonds. The van der Waals surface area contributed by atoms with Crippen LogP contribution in [0.1, 0.15) is 64.7 Å². The third kappa shape index (κ3) is 15.9. The zero-order valence-electron chi connectivity index (χ0n) is 12.8. The zero-order chi connectivity index (χ0) is 13.7. The molecule has 0 aliphatic carbocycles. The van der Waals surface area contributed by atoms with Crippen molar-refractivity contribution in [2.45, 2.75) is 64.7 Å². The molecule has 0 aliphatic heterocycles. The van der Waals surface area contributed by atoms with Gasteiger partial charge in [0.15, 0.2) is 0 Å². The molecule has 0 rings (SSSR count). The lowest BCUT2D eigenvalue weighted by atomic mass is 10.1. The van der Waals surface area contributed by atoms with E-state index < -0.39 is 0 Å². The Kier molecular flexibility index (Phi) is 11.9. The van der Waals surface area contributed by atoms with E-state index in [9.17, 15) is 5.21 Å². The second kappa shape index (κ2) is 11.9. The molecule has 0 saturated carbocycles. The van der Waals surface area contributed by atoms with Gasteiger partial charge in [0.05, 0.1) is 20.6 Å². The van der Waals surface area contributed by atoms with Gasteiger partial charge in [-0.2, -0.15) is 0 Å². The number of nitrogens with one attached hydrogen (secondary N) is 1. The molecule has 0 spiro atoms. The monoisotopic (exact) mass is 258 g/mol. The molecule has 0 radical (unpaired) electrons. The summed E-state index contributed by atoms with van der Waals surface area (Å²) in [6, 6.07) is 0. The van der Waals surface area contributed by atoms with Gasteiger partial charge >= 0.3 is 0 Å². The van der Waals surface area contributed by atoms with Crippen LogP contribution in [0.2, 0.25) is 0 Å². The van der Waals surface area contributed by atoms with Crippen LogP contribution in [-0.2, 0) is 0 Å². The maximum absolute atomic E-state index is 11.3. The molecule has 0 aromatic heterocycles. The van der Waals surface area contributed by atoms with Crippen LogP contribution in [0.15, 0.2) is 0 Å². The third-order valence-electron chi connectivity index (χ3n) is 3.26. The lowest BCUT2D eigenvalue weighted by Crippen LogP contribution is -2.34. The summed E-state index contributed by atoms with van der Waals surface area (Å²) in [5.74, 6) is 0. The van der Waals surface area contributed by atoms with Crippen molar-refractivity contribution in [1.82, 2.24) is 5.32 Å². The number of hydrogen-bond acceptors (Lipinski definition) is 2. The second-order valence-corrected chi connectivity index (χ2v) is 5.88. The number of hydroxylamine groups is 3. The largest absolute Gasteiger partial charge is 0.633 e. The Hall–Kier alpha value is -0.120. The Labute approximate surface area is 114 Å². The van der Waals surface area contributed by atoms with Crippen molar-refractivity contribution in [2.75, 3.05) is 33.7 Å². The van der Waals surface area contributed by atoms with Crippen molar-refractivity contribution in [2.24, 2.45) is 0 Å². The summed E-state index contributed by atoms with van der Waals surface area (Å²) in [5.41, 5.74) is 0. The Morgan fingerprint density at radius 2 is 1.28 bits per heavy atom. The maximum Gasteiger partial charge on any atom is 0.0792 e. The molecule has 0 saturated heterocycles. The van der Waals surface area contributed by atoms with Crippen molar-refractivity contribution in [1.29, 1.82) is 0 Å². The standard InChI is InChI=1S/C15H34N2O/c1-4-5-6-7-8-9-10-11-13-16-14-12-15-17(2,3)18/h16H,4-15H2,1-3H3. The van der Waals surface area contributed by atoms with Gasteiger partial charge in [-0.15, -0.1) is 0 Å². The van der Waals surface area contributed by atoms with Gasteiger partial charge in [-0.25, -0.2) is 0 Å². The lowest BCUT2D eigenvalue weighted by molar-refractivity contribution is -0.840. The topological polar surface area (TPSA) is 35.1 Å². The van der Waals surface area contributed by atoms with Gasteiger partial charge in [-0.05, 0) is 13.0 Å². The van der Waals surface area contributed by atoms with E-state index in [-0.39, 0.29) is 4.65 Å². The first-order chi connectivity index (χ1) is 8.56. The lowest BCUT2D eigenvalue weighted by Gasteiger charge is -2.33. The van der Waals surface area contributed by atoms with Crippen LogP contribution in [0.25, 0.3) is 0 Å². The highest BCUT2D eigenvalue weighted by molar-refractivity contribution is 4.50. The average molecular weight is 258 g/mol. The van der Waals surface area contributed by atoms with Gasteiger partial charge in [-0.1, -0.05) is 51.9 Å². The van der Waals surface area contributed by atoms with Crippen molar-refractivity contribution in [3.05, 3.63) is 5.21 Å². The van der Waals surface area contributed by atoms with Crippen LogP contribution in [-0.4, -0.2) is 38.4 Å². The van der Waals surface area contributed by atoms with E-state index in [2.05, 4.69) is 12.2 Å². The molecule has 110 valence electrons. The van der Waals surface area contributed by atoms with Crippen molar-refractivity contribution in [3.63, 3.8) is 0 Å². The number of unbranched alkanes of at least 4 members (excludes halogenated alkanes) is 7. The molecule has 3 heteroatoms. The van der Waals surface area contributed by atoms with E-state index in [1.54, 1.807) is 14.1 Å². The van der Waals surface area contributed by atoms with Crippen LogP contribution in [0.5, 0.6) is 0 Å². The molecule has 0 aromatic carbocycles. The summed E-state index contributed by atoms with van der Waals surface area (Å²) < 4.78 is -0.167. The summed E-state index contributed by atoms with van der Waals surface area (Å²) >= 11 is 0.